The topological polar surface area (TPSA) is 48.8 Å². The van der Waals surface area contributed by atoms with Crippen LogP contribution in [-0.2, 0) is 11.8 Å². The van der Waals surface area contributed by atoms with Crippen LogP contribution in [0.25, 0.3) is 72.4 Å². The first-order valence-electron chi connectivity index (χ1n) is 22.1. The maximum absolute atomic E-state index is 9.09. The highest BCUT2D eigenvalue weighted by molar-refractivity contribution is 6.10. The van der Waals surface area contributed by atoms with Gasteiger partial charge in [-0.2, -0.15) is 0 Å². The summed E-state index contributed by atoms with van der Waals surface area (Å²) in [6.07, 6.45) is 5.53. The Morgan fingerprint density at radius 3 is 2.02 bits per heavy atom. The van der Waals surface area contributed by atoms with Gasteiger partial charge in [-0.15, -0.1) is 0 Å². The van der Waals surface area contributed by atoms with Gasteiger partial charge >= 0.3 is 0 Å². The lowest BCUT2D eigenvalue weighted by atomic mass is 9.85. The van der Waals surface area contributed by atoms with E-state index in [1.54, 1.807) is 18.5 Å². The Hall–Kier alpha value is -7.31. The van der Waals surface area contributed by atoms with Gasteiger partial charge in [0.1, 0.15) is 17.3 Å². The van der Waals surface area contributed by atoms with Gasteiger partial charge in [0, 0.05) is 38.0 Å². The quantitative estimate of drug-likeness (QED) is 0.113. The van der Waals surface area contributed by atoms with Crippen molar-refractivity contribution in [1.29, 1.82) is 0 Å². The van der Waals surface area contributed by atoms with Crippen molar-refractivity contribution in [3.8, 4) is 51.1 Å². The highest BCUT2D eigenvalue weighted by Gasteiger charge is 2.21. The first-order chi connectivity index (χ1) is 30.7. The number of ether oxygens (including phenoxy) is 1. The lowest BCUT2D eigenvalue weighted by Gasteiger charge is -2.22. The van der Waals surface area contributed by atoms with Gasteiger partial charge in [0.15, 0.2) is 5.82 Å². The molecule has 0 fully saturated rings. The van der Waals surface area contributed by atoms with Crippen molar-refractivity contribution in [1.82, 2.24) is 19.1 Å². The van der Waals surface area contributed by atoms with Crippen molar-refractivity contribution < 1.29 is 12.0 Å². The van der Waals surface area contributed by atoms with Crippen LogP contribution in [0.2, 0.25) is 0 Å². The van der Waals surface area contributed by atoms with E-state index in [0.717, 1.165) is 60.8 Å². The number of fused-ring (bicyclic) bond motifs is 4. The van der Waals surface area contributed by atoms with Crippen molar-refractivity contribution in [2.24, 2.45) is 5.41 Å². The summed E-state index contributed by atoms with van der Waals surface area (Å²) in [5.41, 5.74) is 10.5. The molecule has 0 atom stereocenters. The minimum atomic E-state index is -1.60. The molecule has 4 heterocycles. The second kappa shape index (κ2) is 15.3. The van der Waals surface area contributed by atoms with Crippen LogP contribution in [0.5, 0.6) is 11.5 Å². The van der Waals surface area contributed by atoms with Crippen LogP contribution in [-0.4, -0.2) is 19.1 Å². The van der Waals surface area contributed by atoms with Crippen LogP contribution in [0.15, 0.2) is 176 Å². The summed E-state index contributed by atoms with van der Waals surface area (Å²) in [5.74, 6) is 2.56. The van der Waals surface area contributed by atoms with E-state index in [2.05, 4.69) is 145 Å². The molecule has 62 heavy (non-hydrogen) atoms. The second-order valence-corrected chi connectivity index (χ2v) is 18.0. The van der Waals surface area contributed by atoms with Gasteiger partial charge in [-0.25, -0.2) is 4.98 Å². The fourth-order valence-electron chi connectivity index (χ4n) is 8.29. The fourth-order valence-corrected chi connectivity index (χ4v) is 8.29. The summed E-state index contributed by atoms with van der Waals surface area (Å²) < 4.78 is 31.1. The minimum Gasteiger partial charge on any atom is -0.458 e. The monoisotopic (exact) mass is 809 g/mol. The van der Waals surface area contributed by atoms with Gasteiger partial charge in [0.05, 0.1) is 27.8 Å². The molecule has 0 radical (unpaired) electrons. The molecule has 4 aromatic heterocycles. The van der Waals surface area contributed by atoms with E-state index < -0.39 is 11.8 Å². The smallest absolute Gasteiger partial charge is 0.271 e. The van der Waals surface area contributed by atoms with Gasteiger partial charge in [-0.1, -0.05) is 139 Å². The third-order valence-electron chi connectivity index (χ3n) is 11.2. The van der Waals surface area contributed by atoms with Crippen molar-refractivity contribution in [2.75, 3.05) is 0 Å². The second-order valence-electron chi connectivity index (χ2n) is 18.0. The molecular weight excluding hydrogens is 759 g/mol. The average Bonchev–Trinajstić information content (AvgIpc) is 3.85. The molecule has 6 nitrogen and oxygen atoms in total. The Bertz CT molecular complexity index is 3360. The Kier molecular flexibility index (Phi) is 9.02. The molecule has 0 unspecified atom stereocenters. The van der Waals surface area contributed by atoms with Gasteiger partial charge in [0.2, 0.25) is 0 Å². The molecule has 0 aliphatic heterocycles. The SMILES string of the molecule is [2H]C([2H])(c1ccnc(-n2c3ccc(-c4ccccc4)cc3c3ccc(Oc4ccnc(-n5[c-][n+](-c6cc(-c7ccccc7)cc(C(C)(C)C)c6)c6ccccc65)c4)cc32)c1)C(C)(C)C. The molecular formula is C56H49N5O. The van der Waals surface area contributed by atoms with Crippen LogP contribution in [0.4, 0.5) is 0 Å². The number of imidazole rings is 1. The maximum atomic E-state index is 9.09. The molecule has 0 aliphatic rings. The molecule has 10 aromatic rings. The maximum Gasteiger partial charge on any atom is 0.271 e. The zero-order valence-electron chi connectivity index (χ0n) is 37.9. The molecule has 6 aromatic carbocycles. The van der Waals surface area contributed by atoms with Gasteiger partial charge in [-0.05, 0) is 105 Å². The number of hydrogen-bond acceptors (Lipinski definition) is 3. The van der Waals surface area contributed by atoms with Crippen LogP contribution < -0.4 is 9.30 Å². The standard InChI is InChI=1S/C56H49N5O/c1-55(2,3)36-38-25-27-58-54(29-38)61-49-24-21-41(39-15-9-7-10-16-39)32-48(49)47-23-22-45(34-52(47)61)62-46-26-28-57-53(35-46)60-37-59(50-19-13-14-20-51(50)60)44-31-42(40-17-11-8-12-18-40)30-43(33-44)56(4,5)6/h7-35H,36H2,1-6H3/i36D2. The van der Waals surface area contributed by atoms with Crippen molar-refractivity contribution in [3.63, 3.8) is 0 Å². The van der Waals surface area contributed by atoms with Crippen LogP contribution in [0.3, 0.4) is 0 Å². The van der Waals surface area contributed by atoms with Gasteiger partial charge in [0.25, 0.3) is 6.33 Å². The van der Waals surface area contributed by atoms with Crippen LogP contribution in [0, 0.1) is 11.7 Å². The molecule has 10 rings (SSSR count). The number of hydrogen-bond donors (Lipinski definition) is 0. The third-order valence-corrected chi connectivity index (χ3v) is 11.2. The third kappa shape index (κ3) is 7.53. The summed E-state index contributed by atoms with van der Waals surface area (Å²) in [6, 6.07) is 56.1. The van der Waals surface area contributed by atoms with Crippen molar-refractivity contribution in [3.05, 3.63) is 194 Å². The molecule has 0 saturated carbocycles. The number of benzene rings is 6. The van der Waals surface area contributed by atoms with E-state index in [0.29, 0.717) is 28.7 Å². The summed E-state index contributed by atoms with van der Waals surface area (Å²) >= 11 is 0. The predicted octanol–water partition coefficient (Wildman–Crippen LogP) is 13.6. The normalized spacial score (nSPS) is 12.8. The molecule has 6 heteroatoms. The first kappa shape index (κ1) is 36.5. The molecule has 0 amide bonds. The molecule has 304 valence electrons. The molecule has 0 saturated heterocycles. The fraction of sp³-hybridized carbons (Fsp3) is 0.161. The largest absolute Gasteiger partial charge is 0.458 e. The van der Waals surface area contributed by atoms with E-state index in [4.69, 9.17) is 17.4 Å². The van der Waals surface area contributed by atoms with E-state index in [-0.39, 0.29) is 5.41 Å². The zero-order chi connectivity index (χ0) is 44.4. The highest BCUT2D eigenvalue weighted by atomic mass is 16.5. The summed E-state index contributed by atoms with van der Waals surface area (Å²) in [4.78, 5) is 9.68. The minimum absolute atomic E-state index is 0.0726. The Labute approximate surface area is 366 Å². The number of aromatic nitrogens is 5. The van der Waals surface area contributed by atoms with Crippen molar-refractivity contribution >= 4 is 32.8 Å². The summed E-state index contributed by atoms with van der Waals surface area (Å²) in [6.45, 7) is 12.5. The van der Waals surface area contributed by atoms with Gasteiger partial charge < -0.3 is 4.74 Å². The predicted molar refractivity (Wildman–Crippen MR) is 253 cm³/mol. The Morgan fingerprint density at radius 1 is 0.565 bits per heavy atom. The van der Waals surface area contributed by atoms with E-state index in [9.17, 15) is 0 Å². The zero-order valence-corrected chi connectivity index (χ0v) is 35.9. The Morgan fingerprint density at radius 2 is 1.26 bits per heavy atom. The number of pyridine rings is 2. The number of rotatable bonds is 8. The lowest BCUT2D eigenvalue weighted by molar-refractivity contribution is -0.572. The van der Waals surface area contributed by atoms with E-state index in [1.165, 1.54) is 5.56 Å². The highest BCUT2D eigenvalue weighted by Crippen LogP contribution is 2.38. The molecule has 0 N–H and O–H groups in total. The first-order valence-corrected chi connectivity index (χ1v) is 21.1. The van der Waals surface area contributed by atoms with E-state index >= 15 is 0 Å². The van der Waals surface area contributed by atoms with Crippen LogP contribution in [0.1, 0.15) is 55.4 Å². The number of para-hydroxylation sites is 2. The van der Waals surface area contributed by atoms with Gasteiger partial charge in [-0.3, -0.25) is 18.7 Å². The average molecular weight is 810 g/mol. The summed E-state index contributed by atoms with van der Waals surface area (Å²) in [5, 5.41) is 2.10. The van der Waals surface area contributed by atoms with E-state index in [1.807, 2.05) is 73.9 Å². The summed E-state index contributed by atoms with van der Waals surface area (Å²) in [7, 11) is 0. The molecule has 0 spiro atoms. The molecule has 0 bridgehead atoms. The molecule has 0 aliphatic carbocycles. The lowest BCUT2D eigenvalue weighted by Crippen LogP contribution is -2.30. The number of nitrogens with zero attached hydrogens (tertiary/aromatic N) is 5. The van der Waals surface area contributed by atoms with Crippen molar-refractivity contribution in [2.45, 2.75) is 53.3 Å². The van der Waals surface area contributed by atoms with Crippen LogP contribution >= 0.6 is 0 Å². The Balaban J connectivity index is 1.07.